The third-order valence-electron chi connectivity index (χ3n) is 2.87. The summed E-state index contributed by atoms with van der Waals surface area (Å²) in [6, 6.07) is 2.27. The monoisotopic (exact) mass is 222 g/mol. The molecular weight excluding hydrogens is 204 g/mol. The molecule has 2 N–H and O–H groups in total. The van der Waals surface area contributed by atoms with Crippen molar-refractivity contribution in [3.8, 4) is 0 Å². The van der Waals surface area contributed by atoms with E-state index >= 15 is 0 Å². The lowest BCUT2D eigenvalue weighted by molar-refractivity contribution is 0.0958. The van der Waals surface area contributed by atoms with Crippen LogP contribution in [0.1, 0.15) is 12.6 Å². The second kappa shape index (κ2) is 5.23. The van der Waals surface area contributed by atoms with Crippen molar-refractivity contribution in [3.63, 3.8) is 0 Å². The SMILES string of the molecule is CCc1cc(N2CCOCC2CN)ncn1. The molecule has 0 radical (unpaired) electrons. The molecule has 5 nitrogen and oxygen atoms in total. The molecule has 1 saturated heterocycles. The van der Waals surface area contributed by atoms with Crippen LogP contribution in [-0.4, -0.2) is 42.3 Å². The fourth-order valence-corrected chi connectivity index (χ4v) is 1.89. The highest BCUT2D eigenvalue weighted by Gasteiger charge is 2.22. The molecule has 0 bridgehead atoms. The highest BCUT2D eigenvalue weighted by Crippen LogP contribution is 2.17. The van der Waals surface area contributed by atoms with Gasteiger partial charge in [0.25, 0.3) is 0 Å². The van der Waals surface area contributed by atoms with E-state index < -0.39 is 0 Å². The molecule has 88 valence electrons. The Bertz CT molecular complexity index is 345. The molecule has 0 aromatic carbocycles. The lowest BCUT2D eigenvalue weighted by Gasteiger charge is -2.35. The molecule has 2 heterocycles. The van der Waals surface area contributed by atoms with Crippen LogP contribution in [0.2, 0.25) is 0 Å². The van der Waals surface area contributed by atoms with Crippen molar-refractivity contribution in [1.29, 1.82) is 0 Å². The Morgan fingerprint density at radius 2 is 2.44 bits per heavy atom. The van der Waals surface area contributed by atoms with Crippen LogP contribution in [0.3, 0.4) is 0 Å². The highest BCUT2D eigenvalue weighted by atomic mass is 16.5. The number of ether oxygens (including phenoxy) is 1. The molecule has 16 heavy (non-hydrogen) atoms. The van der Waals surface area contributed by atoms with Gasteiger partial charge in [0.1, 0.15) is 12.1 Å². The largest absolute Gasteiger partial charge is 0.377 e. The summed E-state index contributed by atoms with van der Waals surface area (Å²) in [7, 11) is 0. The maximum absolute atomic E-state index is 5.74. The van der Waals surface area contributed by atoms with Crippen LogP contribution in [0.25, 0.3) is 0 Å². The van der Waals surface area contributed by atoms with E-state index in [2.05, 4.69) is 21.8 Å². The van der Waals surface area contributed by atoms with Crippen LogP contribution in [0, 0.1) is 0 Å². The fourth-order valence-electron chi connectivity index (χ4n) is 1.89. The molecule has 1 unspecified atom stereocenters. The molecule has 0 saturated carbocycles. The zero-order valence-electron chi connectivity index (χ0n) is 9.59. The molecule has 0 spiro atoms. The summed E-state index contributed by atoms with van der Waals surface area (Å²) >= 11 is 0. The van der Waals surface area contributed by atoms with Crippen molar-refractivity contribution in [2.45, 2.75) is 19.4 Å². The Morgan fingerprint density at radius 1 is 1.56 bits per heavy atom. The molecule has 1 aromatic heterocycles. The van der Waals surface area contributed by atoms with Gasteiger partial charge in [-0.05, 0) is 6.42 Å². The molecule has 1 aliphatic rings. The number of nitrogens with two attached hydrogens (primary N) is 1. The molecule has 5 heteroatoms. The summed E-state index contributed by atoms with van der Waals surface area (Å²) < 4.78 is 5.42. The lowest BCUT2D eigenvalue weighted by atomic mass is 10.2. The third-order valence-corrected chi connectivity index (χ3v) is 2.87. The molecule has 1 fully saturated rings. The Morgan fingerprint density at radius 3 is 3.19 bits per heavy atom. The van der Waals surface area contributed by atoms with Crippen molar-refractivity contribution in [3.05, 3.63) is 18.1 Å². The number of hydrogen-bond acceptors (Lipinski definition) is 5. The Kier molecular flexibility index (Phi) is 3.69. The molecular formula is C11H18N4O. The van der Waals surface area contributed by atoms with Gasteiger partial charge in [-0.25, -0.2) is 9.97 Å². The average molecular weight is 222 g/mol. The van der Waals surface area contributed by atoms with Crippen LogP contribution < -0.4 is 10.6 Å². The predicted molar refractivity (Wildman–Crippen MR) is 62.4 cm³/mol. The van der Waals surface area contributed by atoms with Crippen LogP contribution >= 0.6 is 0 Å². The first kappa shape index (κ1) is 11.3. The highest BCUT2D eigenvalue weighted by molar-refractivity contribution is 5.41. The van der Waals surface area contributed by atoms with Crippen molar-refractivity contribution in [2.24, 2.45) is 5.73 Å². The number of hydrogen-bond donors (Lipinski definition) is 1. The Labute approximate surface area is 95.6 Å². The molecule has 0 aliphatic carbocycles. The first-order valence-corrected chi connectivity index (χ1v) is 5.70. The van der Waals surface area contributed by atoms with E-state index in [1.807, 2.05) is 6.07 Å². The van der Waals surface area contributed by atoms with E-state index in [1.54, 1.807) is 6.33 Å². The lowest BCUT2D eigenvalue weighted by Crippen LogP contribution is -2.49. The summed E-state index contributed by atoms with van der Waals surface area (Å²) in [5.74, 6) is 0.964. The fraction of sp³-hybridized carbons (Fsp3) is 0.636. The van der Waals surface area contributed by atoms with Gasteiger partial charge >= 0.3 is 0 Å². The number of aromatic nitrogens is 2. The van der Waals surface area contributed by atoms with E-state index in [1.165, 1.54) is 0 Å². The number of rotatable bonds is 3. The second-order valence-corrected chi connectivity index (χ2v) is 3.88. The summed E-state index contributed by atoms with van der Waals surface area (Å²) in [6.07, 6.45) is 2.55. The van der Waals surface area contributed by atoms with Crippen LogP contribution in [0.4, 0.5) is 5.82 Å². The van der Waals surface area contributed by atoms with Gasteiger partial charge in [0.05, 0.1) is 19.3 Å². The molecule has 1 aromatic rings. The van der Waals surface area contributed by atoms with Gasteiger partial charge in [-0.2, -0.15) is 0 Å². The first-order chi connectivity index (χ1) is 7.85. The maximum Gasteiger partial charge on any atom is 0.132 e. The van der Waals surface area contributed by atoms with E-state index in [0.29, 0.717) is 13.2 Å². The van der Waals surface area contributed by atoms with E-state index in [4.69, 9.17) is 10.5 Å². The molecule has 2 rings (SSSR count). The standard InChI is InChI=1S/C11H18N4O/c1-2-9-5-11(14-8-13-9)15-3-4-16-7-10(15)6-12/h5,8,10H,2-4,6-7,12H2,1H3. The smallest absolute Gasteiger partial charge is 0.132 e. The van der Waals surface area contributed by atoms with Gasteiger partial charge in [0, 0.05) is 24.8 Å². The van der Waals surface area contributed by atoms with Gasteiger partial charge in [-0.3, -0.25) is 0 Å². The Hall–Kier alpha value is -1.20. The van der Waals surface area contributed by atoms with Crippen LogP contribution in [0.15, 0.2) is 12.4 Å². The number of nitrogens with zero attached hydrogens (tertiary/aromatic N) is 3. The molecule has 1 atom stereocenters. The zero-order chi connectivity index (χ0) is 11.4. The zero-order valence-corrected chi connectivity index (χ0v) is 9.59. The molecule has 1 aliphatic heterocycles. The number of anilines is 1. The topological polar surface area (TPSA) is 64.3 Å². The third kappa shape index (κ3) is 2.31. The van der Waals surface area contributed by atoms with E-state index in [9.17, 15) is 0 Å². The van der Waals surface area contributed by atoms with Crippen molar-refractivity contribution < 1.29 is 4.74 Å². The van der Waals surface area contributed by atoms with E-state index in [-0.39, 0.29) is 6.04 Å². The normalized spacial score (nSPS) is 21.1. The quantitative estimate of drug-likeness (QED) is 0.791. The van der Waals surface area contributed by atoms with Gasteiger partial charge < -0.3 is 15.4 Å². The van der Waals surface area contributed by atoms with Crippen molar-refractivity contribution in [2.75, 3.05) is 31.2 Å². The summed E-state index contributed by atoms with van der Waals surface area (Å²) in [5, 5.41) is 0. The number of morpholine rings is 1. The van der Waals surface area contributed by atoms with Crippen LogP contribution in [0.5, 0.6) is 0 Å². The van der Waals surface area contributed by atoms with Gasteiger partial charge in [-0.1, -0.05) is 6.92 Å². The summed E-state index contributed by atoms with van der Waals surface area (Å²) in [6.45, 7) is 4.95. The summed E-state index contributed by atoms with van der Waals surface area (Å²) in [5.41, 5.74) is 6.80. The minimum absolute atomic E-state index is 0.230. The van der Waals surface area contributed by atoms with Gasteiger partial charge in [0.15, 0.2) is 0 Å². The summed E-state index contributed by atoms with van der Waals surface area (Å²) in [4.78, 5) is 10.7. The molecule has 0 amide bonds. The van der Waals surface area contributed by atoms with Gasteiger partial charge in [-0.15, -0.1) is 0 Å². The van der Waals surface area contributed by atoms with Crippen molar-refractivity contribution in [1.82, 2.24) is 9.97 Å². The Balaban J connectivity index is 2.20. The minimum atomic E-state index is 0.230. The predicted octanol–water partition coefficient (Wildman–Crippen LogP) is 0.203. The average Bonchev–Trinajstić information content (AvgIpc) is 2.38. The van der Waals surface area contributed by atoms with Gasteiger partial charge in [0.2, 0.25) is 0 Å². The van der Waals surface area contributed by atoms with Crippen LogP contribution in [-0.2, 0) is 11.2 Å². The maximum atomic E-state index is 5.74. The number of aryl methyl sites for hydroxylation is 1. The van der Waals surface area contributed by atoms with Crippen molar-refractivity contribution >= 4 is 5.82 Å². The minimum Gasteiger partial charge on any atom is -0.377 e. The second-order valence-electron chi connectivity index (χ2n) is 3.88. The first-order valence-electron chi connectivity index (χ1n) is 5.70. The van der Waals surface area contributed by atoms with E-state index in [0.717, 1.165) is 31.1 Å².